The third kappa shape index (κ3) is 10.9. The Bertz CT molecular complexity index is 1450. The monoisotopic (exact) mass is 646 g/mol. The van der Waals surface area contributed by atoms with Gasteiger partial charge in [0.05, 0.1) is 19.4 Å². The van der Waals surface area contributed by atoms with Gasteiger partial charge in [-0.25, -0.2) is 0 Å². The second-order valence-electron chi connectivity index (χ2n) is 11.3. The number of fused-ring (bicyclic) bond motifs is 1. The van der Waals surface area contributed by atoms with Crippen molar-refractivity contribution >= 4 is 22.9 Å². The number of hydrogen-bond acceptors (Lipinski definition) is 5. The molecule has 1 heterocycles. The molecule has 3 aromatic carbocycles. The molecule has 0 aliphatic carbocycles. The lowest BCUT2D eigenvalue weighted by molar-refractivity contribution is -0.213. The Morgan fingerprint density at radius 3 is 2.24 bits per heavy atom. The van der Waals surface area contributed by atoms with Gasteiger partial charge in [-0.15, -0.1) is 23.6 Å². The standard InChI is InChI=1S/C37H43FO4S.C3H8/c1-5-27-23-26(4)14-20-32(27)34-25-43-35-24-31(42-37(39)40-7-3)19-21-33(35)36(34)28-15-17-30(18-16-28)41-29(6-2)13-11-9-8-10-12-22-38;1-3-2/h14-21,23-24,29,37,39H,5-7,10-13,22,25H2,1-4H3;3H2,1-2H3/t29-,37?;/m1./s1. The fourth-order valence-electron chi connectivity index (χ4n) is 5.24. The molecule has 2 atom stereocenters. The summed E-state index contributed by atoms with van der Waals surface area (Å²) in [6.45, 7) is 11.3. The highest BCUT2D eigenvalue weighted by Gasteiger charge is 2.24. The van der Waals surface area contributed by atoms with E-state index in [0.717, 1.165) is 53.2 Å². The summed E-state index contributed by atoms with van der Waals surface area (Å²) in [6, 6.07) is 21.1. The van der Waals surface area contributed by atoms with Gasteiger partial charge >= 0.3 is 6.48 Å². The Labute approximate surface area is 280 Å². The summed E-state index contributed by atoms with van der Waals surface area (Å²) in [6.07, 6.45) is 5.88. The van der Waals surface area contributed by atoms with E-state index in [1.807, 2.05) is 19.1 Å². The average Bonchev–Trinajstić information content (AvgIpc) is 3.06. The van der Waals surface area contributed by atoms with Gasteiger partial charge < -0.3 is 19.3 Å². The van der Waals surface area contributed by atoms with Gasteiger partial charge in [-0.05, 0) is 103 Å². The molecule has 0 amide bonds. The van der Waals surface area contributed by atoms with Crippen LogP contribution in [-0.2, 0) is 11.2 Å². The molecule has 1 N–H and O–H groups in total. The number of hydrogen-bond donors (Lipinski definition) is 1. The van der Waals surface area contributed by atoms with Crippen LogP contribution in [0.5, 0.6) is 11.5 Å². The Morgan fingerprint density at radius 1 is 0.870 bits per heavy atom. The summed E-state index contributed by atoms with van der Waals surface area (Å²) >= 11 is 1.78. The molecule has 0 saturated carbocycles. The van der Waals surface area contributed by atoms with Gasteiger partial charge in [0.2, 0.25) is 0 Å². The van der Waals surface area contributed by atoms with E-state index in [1.165, 1.54) is 34.3 Å². The second kappa shape index (κ2) is 20.1. The van der Waals surface area contributed by atoms with Gasteiger partial charge in [0, 0.05) is 23.5 Å². The van der Waals surface area contributed by atoms with Crippen molar-refractivity contribution in [3.8, 4) is 23.3 Å². The third-order valence-electron chi connectivity index (χ3n) is 7.46. The first-order chi connectivity index (χ1) is 22.4. The number of aliphatic hydroxyl groups excluding tert-OH is 1. The number of benzene rings is 3. The van der Waals surface area contributed by atoms with Crippen molar-refractivity contribution < 1.29 is 23.7 Å². The van der Waals surface area contributed by atoms with E-state index in [4.69, 9.17) is 14.2 Å². The normalized spacial score (nSPS) is 13.5. The molecule has 1 unspecified atom stereocenters. The van der Waals surface area contributed by atoms with Crippen LogP contribution in [0.1, 0.15) is 101 Å². The maximum Gasteiger partial charge on any atom is 0.313 e. The second-order valence-corrected chi connectivity index (χ2v) is 12.3. The van der Waals surface area contributed by atoms with Crippen molar-refractivity contribution in [3.63, 3.8) is 0 Å². The predicted molar refractivity (Wildman–Crippen MR) is 191 cm³/mol. The highest BCUT2D eigenvalue weighted by molar-refractivity contribution is 7.99. The molecular formula is C40H51FO4S. The smallest absolute Gasteiger partial charge is 0.313 e. The number of aryl methyl sites for hydroxylation is 2. The van der Waals surface area contributed by atoms with Crippen molar-refractivity contribution in [2.75, 3.05) is 19.0 Å². The highest BCUT2D eigenvalue weighted by Crippen LogP contribution is 2.46. The maximum atomic E-state index is 12.3. The minimum Gasteiger partial charge on any atom is -0.490 e. The first-order valence-electron chi connectivity index (χ1n) is 16.7. The quantitative estimate of drug-likeness (QED) is 0.107. The zero-order valence-corrected chi connectivity index (χ0v) is 29.3. The summed E-state index contributed by atoms with van der Waals surface area (Å²) in [7, 11) is 0. The predicted octanol–water partition coefficient (Wildman–Crippen LogP) is 10.4. The topological polar surface area (TPSA) is 47.9 Å². The summed E-state index contributed by atoms with van der Waals surface area (Å²) in [5.74, 6) is 8.43. The molecule has 3 aromatic rings. The van der Waals surface area contributed by atoms with E-state index >= 15 is 0 Å². The van der Waals surface area contributed by atoms with Crippen LogP contribution in [0.4, 0.5) is 4.39 Å². The van der Waals surface area contributed by atoms with Crippen LogP contribution in [0, 0.1) is 18.8 Å². The molecule has 4 rings (SSSR count). The first-order valence-corrected chi connectivity index (χ1v) is 17.7. The molecule has 1 aliphatic rings. The van der Waals surface area contributed by atoms with E-state index in [1.54, 1.807) is 11.8 Å². The summed E-state index contributed by atoms with van der Waals surface area (Å²) in [5.41, 5.74) is 8.66. The van der Waals surface area contributed by atoms with Crippen LogP contribution in [0.2, 0.25) is 0 Å². The molecular weight excluding hydrogens is 596 g/mol. The molecule has 0 saturated heterocycles. The van der Waals surface area contributed by atoms with Crippen molar-refractivity contribution in [1.82, 2.24) is 0 Å². The summed E-state index contributed by atoms with van der Waals surface area (Å²) < 4.78 is 29.4. The average molecular weight is 647 g/mol. The zero-order valence-electron chi connectivity index (χ0n) is 28.5. The van der Waals surface area contributed by atoms with Gasteiger partial charge in [0.15, 0.2) is 0 Å². The molecule has 0 spiro atoms. The van der Waals surface area contributed by atoms with Gasteiger partial charge in [-0.1, -0.05) is 70.0 Å². The Kier molecular flexibility index (Phi) is 16.3. The number of unbranched alkanes of at least 4 members (excludes halogenated alkanes) is 1. The Balaban J connectivity index is 0.00000185. The van der Waals surface area contributed by atoms with Gasteiger partial charge in [-0.2, -0.15) is 0 Å². The minimum absolute atomic E-state index is 0.0769. The number of rotatable bonds is 14. The third-order valence-corrected chi connectivity index (χ3v) is 8.54. The molecule has 46 heavy (non-hydrogen) atoms. The molecule has 6 heteroatoms. The van der Waals surface area contributed by atoms with E-state index in [-0.39, 0.29) is 12.8 Å². The maximum absolute atomic E-state index is 12.3. The minimum atomic E-state index is -1.30. The van der Waals surface area contributed by atoms with Crippen LogP contribution in [0.15, 0.2) is 65.6 Å². The van der Waals surface area contributed by atoms with Crippen molar-refractivity contribution in [2.24, 2.45) is 0 Å². The van der Waals surface area contributed by atoms with Crippen LogP contribution < -0.4 is 9.47 Å². The van der Waals surface area contributed by atoms with Crippen molar-refractivity contribution in [3.05, 3.63) is 88.5 Å². The molecule has 0 aromatic heterocycles. The Morgan fingerprint density at radius 2 is 1.57 bits per heavy atom. The first kappa shape index (κ1) is 37.2. The molecule has 1 aliphatic heterocycles. The van der Waals surface area contributed by atoms with Crippen LogP contribution in [0.3, 0.4) is 0 Å². The van der Waals surface area contributed by atoms with E-state index in [2.05, 4.69) is 95.0 Å². The van der Waals surface area contributed by atoms with Crippen LogP contribution in [0.25, 0.3) is 11.1 Å². The SMILES string of the molecule is CCC.CCOC(O)Oc1ccc2c(c1)SCC(c1ccc(C)cc1CC)=C2c1ccc(O[C@H](CC)CCC#CCCCF)cc1. The fraction of sp³-hybridized carbons (Fsp3) is 0.450. The lowest BCUT2D eigenvalue weighted by atomic mass is 9.87. The Hall–Kier alpha value is -3.24. The highest BCUT2D eigenvalue weighted by atomic mass is 32.2. The molecule has 0 radical (unpaired) electrons. The fourth-order valence-corrected chi connectivity index (χ4v) is 6.36. The van der Waals surface area contributed by atoms with Crippen molar-refractivity contribution in [2.45, 2.75) is 104 Å². The number of thioether (sulfide) groups is 1. The zero-order chi connectivity index (χ0) is 33.3. The largest absolute Gasteiger partial charge is 0.490 e. The van der Waals surface area contributed by atoms with Gasteiger partial charge in [0.25, 0.3) is 0 Å². The molecule has 0 bridgehead atoms. The van der Waals surface area contributed by atoms with Crippen LogP contribution in [-0.4, -0.2) is 36.7 Å². The van der Waals surface area contributed by atoms with Gasteiger partial charge in [0.1, 0.15) is 11.5 Å². The summed E-state index contributed by atoms with van der Waals surface area (Å²) in [4.78, 5) is 1.10. The van der Waals surface area contributed by atoms with E-state index in [9.17, 15) is 9.50 Å². The number of alkyl halides is 1. The lowest BCUT2D eigenvalue weighted by Gasteiger charge is -2.26. The van der Waals surface area contributed by atoms with Crippen molar-refractivity contribution in [1.29, 1.82) is 0 Å². The van der Waals surface area contributed by atoms with E-state index < -0.39 is 6.48 Å². The molecule has 248 valence electrons. The molecule has 4 nitrogen and oxygen atoms in total. The molecule has 0 fully saturated rings. The van der Waals surface area contributed by atoms with Gasteiger partial charge in [-0.3, -0.25) is 4.39 Å². The van der Waals surface area contributed by atoms with E-state index in [0.29, 0.717) is 25.2 Å². The van der Waals surface area contributed by atoms with Crippen LogP contribution >= 0.6 is 11.8 Å². The summed E-state index contributed by atoms with van der Waals surface area (Å²) in [5, 5.41) is 10.0. The number of ether oxygens (including phenoxy) is 3. The number of aliphatic hydroxyl groups is 1. The number of halogens is 1. The lowest BCUT2D eigenvalue weighted by Crippen LogP contribution is -2.19.